The standard InChI is InChI=1S/C28H31Cl2N3O4S/c1-20(2)31-28(35)26(17-21-9-5-4-6-10-21)32(18-22-13-15-23(29)16-14-22)27(34)19-33(38(3,36)37)25-12-8-7-11-24(25)30/h4-16,20,26H,17-19H2,1-3H3,(H,31,35). The molecule has 0 bridgehead atoms. The summed E-state index contributed by atoms with van der Waals surface area (Å²) in [5.41, 5.74) is 1.78. The number of sulfonamides is 1. The van der Waals surface area contributed by atoms with Crippen LogP contribution in [0.4, 0.5) is 5.69 Å². The number of rotatable bonds is 11. The quantitative estimate of drug-likeness (QED) is 0.351. The van der Waals surface area contributed by atoms with Crippen molar-refractivity contribution in [2.24, 2.45) is 0 Å². The molecule has 202 valence electrons. The van der Waals surface area contributed by atoms with Gasteiger partial charge in [-0.15, -0.1) is 0 Å². The van der Waals surface area contributed by atoms with Gasteiger partial charge in [0.2, 0.25) is 21.8 Å². The molecule has 0 aliphatic rings. The summed E-state index contributed by atoms with van der Waals surface area (Å²) in [4.78, 5) is 28.8. The average Bonchev–Trinajstić information content (AvgIpc) is 2.85. The van der Waals surface area contributed by atoms with Gasteiger partial charge in [0, 0.05) is 24.0 Å². The normalized spacial score (nSPS) is 12.2. The zero-order valence-corrected chi connectivity index (χ0v) is 23.8. The molecule has 7 nitrogen and oxygen atoms in total. The van der Waals surface area contributed by atoms with Crippen molar-refractivity contribution < 1.29 is 18.0 Å². The summed E-state index contributed by atoms with van der Waals surface area (Å²) in [5.74, 6) is -0.889. The zero-order chi connectivity index (χ0) is 27.9. The largest absolute Gasteiger partial charge is 0.352 e. The Morgan fingerprint density at radius 1 is 0.868 bits per heavy atom. The van der Waals surface area contributed by atoms with Crippen LogP contribution in [0, 0.1) is 0 Å². The van der Waals surface area contributed by atoms with Gasteiger partial charge >= 0.3 is 0 Å². The third kappa shape index (κ3) is 8.21. The van der Waals surface area contributed by atoms with E-state index >= 15 is 0 Å². The molecule has 1 atom stereocenters. The van der Waals surface area contributed by atoms with Gasteiger partial charge in [0.25, 0.3) is 0 Å². The van der Waals surface area contributed by atoms with E-state index in [1.165, 1.54) is 11.0 Å². The molecule has 0 aliphatic carbocycles. The highest BCUT2D eigenvalue weighted by Gasteiger charge is 2.33. The third-order valence-corrected chi connectivity index (χ3v) is 7.47. The smallest absolute Gasteiger partial charge is 0.244 e. The molecule has 2 amide bonds. The maximum absolute atomic E-state index is 13.9. The van der Waals surface area contributed by atoms with Crippen molar-refractivity contribution in [2.45, 2.75) is 38.9 Å². The van der Waals surface area contributed by atoms with Crippen LogP contribution >= 0.6 is 23.2 Å². The Morgan fingerprint density at radius 3 is 2.05 bits per heavy atom. The number of carbonyl (C=O) groups is 2. The number of amides is 2. The lowest BCUT2D eigenvalue weighted by Crippen LogP contribution is -2.54. The number of hydrogen-bond acceptors (Lipinski definition) is 4. The molecular formula is C28H31Cl2N3O4S. The minimum absolute atomic E-state index is 0.0686. The fourth-order valence-corrected chi connectivity index (χ4v) is 5.25. The Labute approximate surface area is 234 Å². The fourth-order valence-electron chi connectivity index (χ4n) is 3.97. The van der Waals surface area contributed by atoms with Gasteiger partial charge in [0.1, 0.15) is 12.6 Å². The average molecular weight is 577 g/mol. The predicted octanol–water partition coefficient (Wildman–Crippen LogP) is 4.92. The second kappa shape index (κ2) is 13.1. The first-order chi connectivity index (χ1) is 18.0. The molecule has 0 aromatic heterocycles. The number of nitrogens with zero attached hydrogens (tertiary/aromatic N) is 2. The fraction of sp³-hybridized carbons (Fsp3) is 0.286. The van der Waals surface area contributed by atoms with E-state index in [0.29, 0.717) is 5.02 Å². The Kier molecular flexibility index (Phi) is 10.2. The van der Waals surface area contributed by atoms with Gasteiger partial charge in [-0.05, 0) is 49.2 Å². The second-order valence-corrected chi connectivity index (χ2v) is 12.0. The topological polar surface area (TPSA) is 86.8 Å². The van der Waals surface area contributed by atoms with Gasteiger partial charge in [0.05, 0.1) is 17.0 Å². The lowest BCUT2D eigenvalue weighted by atomic mass is 10.0. The minimum atomic E-state index is -3.89. The van der Waals surface area contributed by atoms with E-state index in [9.17, 15) is 18.0 Å². The summed E-state index contributed by atoms with van der Waals surface area (Å²) in [6, 6.07) is 21.6. The lowest BCUT2D eigenvalue weighted by molar-refractivity contribution is -0.140. The molecule has 0 radical (unpaired) electrons. The number of hydrogen-bond donors (Lipinski definition) is 1. The van der Waals surface area contributed by atoms with E-state index < -0.39 is 28.5 Å². The van der Waals surface area contributed by atoms with Crippen LogP contribution < -0.4 is 9.62 Å². The molecular weight excluding hydrogens is 545 g/mol. The summed E-state index contributed by atoms with van der Waals surface area (Å²) in [6.07, 6.45) is 1.25. The molecule has 3 rings (SSSR count). The van der Waals surface area contributed by atoms with Crippen molar-refractivity contribution in [1.29, 1.82) is 0 Å². The highest BCUT2D eigenvalue weighted by Crippen LogP contribution is 2.28. The van der Waals surface area contributed by atoms with Crippen molar-refractivity contribution in [1.82, 2.24) is 10.2 Å². The van der Waals surface area contributed by atoms with E-state index in [2.05, 4.69) is 5.32 Å². The number of benzene rings is 3. The first kappa shape index (κ1) is 29.5. The maximum atomic E-state index is 13.9. The van der Waals surface area contributed by atoms with Crippen LogP contribution in [0.2, 0.25) is 10.0 Å². The molecule has 0 saturated heterocycles. The Hall–Kier alpha value is -3.07. The highest BCUT2D eigenvalue weighted by atomic mass is 35.5. The van der Waals surface area contributed by atoms with E-state index in [0.717, 1.165) is 21.7 Å². The first-order valence-corrected chi connectivity index (χ1v) is 14.7. The van der Waals surface area contributed by atoms with Gasteiger partial charge in [0.15, 0.2) is 0 Å². The van der Waals surface area contributed by atoms with Crippen LogP contribution in [0.5, 0.6) is 0 Å². The Morgan fingerprint density at radius 2 is 1.47 bits per heavy atom. The molecule has 0 fully saturated rings. The summed E-state index contributed by atoms with van der Waals surface area (Å²) in [5, 5.41) is 3.63. The van der Waals surface area contributed by atoms with Crippen molar-refractivity contribution in [3.8, 4) is 0 Å². The molecule has 0 saturated carbocycles. The van der Waals surface area contributed by atoms with Crippen molar-refractivity contribution >= 4 is 50.7 Å². The predicted molar refractivity (Wildman–Crippen MR) is 153 cm³/mol. The lowest BCUT2D eigenvalue weighted by Gasteiger charge is -2.34. The maximum Gasteiger partial charge on any atom is 0.244 e. The van der Waals surface area contributed by atoms with E-state index in [1.54, 1.807) is 42.5 Å². The SMILES string of the molecule is CC(C)NC(=O)C(Cc1ccccc1)N(Cc1ccc(Cl)cc1)C(=O)CN(c1ccccc1Cl)S(C)(=O)=O. The number of anilines is 1. The molecule has 3 aromatic rings. The van der Waals surface area contributed by atoms with Crippen LogP contribution in [0.1, 0.15) is 25.0 Å². The van der Waals surface area contributed by atoms with Crippen LogP contribution in [0.3, 0.4) is 0 Å². The van der Waals surface area contributed by atoms with Gasteiger partial charge in [-0.2, -0.15) is 0 Å². The molecule has 0 heterocycles. The summed E-state index contributed by atoms with van der Waals surface area (Å²) < 4.78 is 26.5. The van der Waals surface area contributed by atoms with Crippen molar-refractivity contribution in [2.75, 3.05) is 17.1 Å². The Bertz CT molecular complexity index is 1350. The third-order valence-electron chi connectivity index (χ3n) is 5.77. The summed E-state index contributed by atoms with van der Waals surface area (Å²) >= 11 is 12.4. The molecule has 1 unspecified atom stereocenters. The van der Waals surface area contributed by atoms with E-state index in [4.69, 9.17) is 23.2 Å². The number of para-hydroxylation sites is 1. The van der Waals surface area contributed by atoms with Gasteiger partial charge in [-0.3, -0.25) is 13.9 Å². The van der Waals surface area contributed by atoms with Crippen LogP contribution in [-0.4, -0.2) is 50.0 Å². The molecule has 0 aliphatic heterocycles. The Balaban J connectivity index is 2.06. The van der Waals surface area contributed by atoms with Crippen molar-refractivity contribution in [3.63, 3.8) is 0 Å². The van der Waals surface area contributed by atoms with E-state index in [1.807, 2.05) is 44.2 Å². The van der Waals surface area contributed by atoms with Crippen LogP contribution in [-0.2, 0) is 32.6 Å². The molecule has 0 spiro atoms. The molecule has 38 heavy (non-hydrogen) atoms. The van der Waals surface area contributed by atoms with Gasteiger partial charge < -0.3 is 10.2 Å². The zero-order valence-electron chi connectivity index (χ0n) is 21.5. The van der Waals surface area contributed by atoms with Gasteiger partial charge in [-0.25, -0.2) is 8.42 Å². The monoisotopic (exact) mass is 575 g/mol. The minimum Gasteiger partial charge on any atom is -0.352 e. The number of halogens is 2. The van der Waals surface area contributed by atoms with Crippen LogP contribution in [0.15, 0.2) is 78.9 Å². The molecule has 1 N–H and O–H groups in total. The highest BCUT2D eigenvalue weighted by molar-refractivity contribution is 7.92. The molecule has 10 heteroatoms. The number of nitrogens with one attached hydrogen (secondary N) is 1. The number of carbonyl (C=O) groups excluding carboxylic acids is 2. The summed E-state index contributed by atoms with van der Waals surface area (Å²) in [6.45, 7) is 3.22. The molecule has 3 aromatic carbocycles. The van der Waals surface area contributed by atoms with E-state index in [-0.39, 0.29) is 35.6 Å². The van der Waals surface area contributed by atoms with Crippen molar-refractivity contribution in [3.05, 3.63) is 100 Å². The van der Waals surface area contributed by atoms with Crippen LogP contribution in [0.25, 0.3) is 0 Å². The second-order valence-electron chi connectivity index (χ2n) is 9.24. The summed E-state index contributed by atoms with van der Waals surface area (Å²) in [7, 11) is -3.89. The first-order valence-electron chi connectivity index (χ1n) is 12.1. The van der Waals surface area contributed by atoms with Gasteiger partial charge in [-0.1, -0.05) is 77.8 Å².